The molecule has 86 valence electrons. The number of hydrogen-bond acceptors (Lipinski definition) is 2. The van der Waals surface area contributed by atoms with Crippen LogP contribution in [0.5, 0.6) is 0 Å². The van der Waals surface area contributed by atoms with Crippen molar-refractivity contribution < 1.29 is 4.74 Å². The Bertz CT molecular complexity index is 132. The molecule has 0 amide bonds. The van der Waals surface area contributed by atoms with Gasteiger partial charge in [0.2, 0.25) is 0 Å². The molecule has 0 atom stereocenters. The fourth-order valence-corrected chi connectivity index (χ4v) is 0.794. The number of methoxy groups -OCH3 is 1. The first kappa shape index (κ1) is 16.1. The van der Waals surface area contributed by atoms with Crippen LogP contribution < -0.4 is 0 Å². The Morgan fingerprint density at radius 2 is 1.93 bits per heavy atom. The minimum atomic E-state index is 0.815. The van der Waals surface area contributed by atoms with Crippen molar-refractivity contribution >= 4 is 0 Å². The van der Waals surface area contributed by atoms with E-state index in [1.807, 2.05) is 13.8 Å². The fraction of sp³-hybridized carbons (Fsp3) is 0.833. The normalized spacial score (nSPS) is 11.2. The Kier molecular flexibility index (Phi) is 14.6. The smallest absolute Gasteiger partial charge is 0.0589 e. The molecule has 0 N–H and O–H groups in total. The maximum Gasteiger partial charge on any atom is 0.0589 e. The molecule has 0 fully saturated rings. The van der Waals surface area contributed by atoms with Gasteiger partial charge >= 0.3 is 0 Å². The summed E-state index contributed by atoms with van der Waals surface area (Å²) in [5, 5.41) is 0. The van der Waals surface area contributed by atoms with Gasteiger partial charge in [-0.15, -0.1) is 0 Å². The summed E-state index contributed by atoms with van der Waals surface area (Å²) in [6.07, 6.45) is 3.42. The molecule has 0 bridgehead atoms. The molecule has 0 spiro atoms. The van der Waals surface area contributed by atoms with Gasteiger partial charge in [-0.1, -0.05) is 32.4 Å². The summed E-state index contributed by atoms with van der Waals surface area (Å²) in [6, 6.07) is 0. The maximum atomic E-state index is 4.98. The van der Waals surface area contributed by atoms with Crippen molar-refractivity contribution in [3.05, 3.63) is 11.6 Å². The van der Waals surface area contributed by atoms with Crippen LogP contribution in [0, 0.1) is 0 Å². The Balaban J connectivity index is 0. The van der Waals surface area contributed by atoms with E-state index in [-0.39, 0.29) is 0 Å². The van der Waals surface area contributed by atoms with E-state index in [9.17, 15) is 0 Å². The number of allylic oxidation sites excluding steroid dienone is 1. The average Bonchev–Trinajstić information content (AvgIpc) is 2.25. The predicted octanol–water partition coefficient (Wildman–Crippen LogP) is 2.95. The quantitative estimate of drug-likeness (QED) is 0.613. The van der Waals surface area contributed by atoms with E-state index in [4.69, 9.17) is 4.74 Å². The van der Waals surface area contributed by atoms with E-state index in [1.54, 1.807) is 7.11 Å². The second kappa shape index (κ2) is 12.7. The Hall–Kier alpha value is -0.340. The van der Waals surface area contributed by atoms with Crippen LogP contribution in [0.3, 0.4) is 0 Å². The van der Waals surface area contributed by atoms with E-state index >= 15 is 0 Å². The standard InChI is InChI=1S/C10H21NO.C2H6/c1-5-10(2)6-7-11(3)8-9-12-4;1-2/h6H,5,7-9H2,1-4H3;1-2H3/b10-6-;. The lowest BCUT2D eigenvalue weighted by Gasteiger charge is -2.13. The molecule has 0 heterocycles. The molecule has 0 aliphatic heterocycles. The molecular formula is C12H27NO. The van der Waals surface area contributed by atoms with Crippen molar-refractivity contribution in [2.24, 2.45) is 0 Å². The van der Waals surface area contributed by atoms with Crippen LogP contribution >= 0.6 is 0 Å². The summed E-state index contributed by atoms with van der Waals surface area (Å²) < 4.78 is 4.98. The van der Waals surface area contributed by atoms with Gasteiger partial charge in [0.15, 0.2) is 0 Å². The van der Waals surface area contributed by atoms with Crippen molar-refractivity contribution in [2.75, 3.05) is 33.9 Å². The molecule has 0 unspecified atom stereocenters. The zero-order valence-corrected chi connectivity index (χ0v) is 10.8. The predicted molar refractivity (Wildman–Crippen MR) is 64.8 cm³/mol. The topological polar surface area (TPSA) is 12.5 Å². The molecule has 0 rings (SSSR count). The van der Waals surface area contributed by atoms with Crippen molar-refractivity contribution in [1.29, 1.82) is 0 Å². The first-order valence-electron chi connectivity index (χ1n) is 5.53. The van der Waals surface area contributed by atoms with Gasteiger partial charge in [-0.2, -0.15) is 0 Å². The second-order valence-corrected chi connectivity index (χ2v) is 3.16. The summed E-state index contributed by atoms with van der Waals surface area (Å²) in [6.45, 7) is 11.2. The van der Waals surface area contributed by atoms with Crippen molar-refractivity contribution in [3.8, 4) is 0 Å². The van der Waals surface area contributed by atoms with Crippen molar-refractivity contribution in [2.45, 2.75) is 34.1 Å². The number of rotatable bonds is 6. The van der Waals surface area contributed by atoms with Crippen LogP contribution in [-0.4, -0.2) is 38.8 Å². The third kappa shape index (κ3) is 11.7. The lowest BCUT2D eigenvalue weighted by atomic mass is 10.2. The van der Waals surface area contributed by atoms with E-state index in [0.717, 1.165) is 26.1 Å². The van der Waals surface area contributed by atoms with Crippen LogP contribution in [-0.2, 0) is 4.74 Å². The Morgan fingerprint density at radius 1 is 1.36 bits per heavy atom. The maximum absolute atomic E-state index is 4.98. The van der Waals surface area contributed by atoms with E-state index < -0.39 is 0 Å². The molecule has 14 heavy (non-hydrogen) atoms. The van der Waals surface area contributed by atoms with Crippen LogP contribution in [0.1, 0.15) is 34.1 Å². The molecule has 0 saturated heterocycles. The summed E-state index contributed by atoms with van der Waals surface area (Å²) >= 11 is 0. The first-order valence-corrected chi connectivity index (χ1v) is 5.53. The highest BCUT2D eigenvalue weighted by atomic mass is 16.5. The van der Waals surface area contributed by atoms with Crippen LogP contribution in [0.25, 0.3) is 0 Å². The number of hydrogen-bond donors (Lipinski definition) is 0. The molecule has 0 aliphatic carbocycles. The molecule has 0 radical (unpaired) electrons. The summed E-state index contributed by atoms with van der Waals surface area (Å²) in [7, 11) is 3.85. The Labute approximate surface area is 89.9 Å². The minimum absolute atomic E-state index is 0.815. The van der Waals surface area contributed by atoms with Crippen LogP contribution in [0.15, 0.2) is 11.6 Å². The van der Waals surface area contributed by atoms with Gasteiger partial charge in [0.25, 0.3) is 0 Å². The highest BCUT2D eigenvalue weighted by Gasteiger charge is 1.94. The fourth-order valence-electron chi connectivity index (χ4n) is 0.794. The molecular weight excluding hydrogens is 174 g/mol. The van der Waals surface area contributed by atoms with Gasteiger partial charge in [-0.3, -0.25) is 0 Å². The third-order valence-corrected chi connectivity index (χ3v) is 1.99. The first-order chi connectivity index (χ1) is 6.70. The Morgan fingerprint density at radius 3 is 2.36 bits per heavy atom. The van der Waals surface area contributed by atoms with Gasteiger partial charge in [0, 0.05) is 20.2 Å². The van der Waals surface area contributed by atoms with Gasteiger partial charge in [-0.05, 0) is 20.4 Å². The van der Waals surface area contributed by atoms with E-state index in [1.165, 1.54) is 5.57 Å². The molecule has 0 aromatic carbocycles. The minimum Gasteiger partial charge on any atom is -0.383 e. The second-order valence-electron chi connectivity index (χ2n) is 3.16. The zero-order valence-electron chi connectivity index (χ0n) is 10.8. The molecule has 2 heteroatoms. The molecule has 0 aliphatic rings. The van der Waals surface area contributed by atoms with Gasteiger partial charge in [0.1, 0.15) is 0 Å². The summed E-state index contributed by atoms with van der Waals surface area (Å²) in [4.78, 5) is 2.25. The van der Waals surface area contributed by atoms with Gasteiger partial charge in [0.05, 0.1) is 6.61 Å². The van der Waals surface area contributed by atoms with E-state index in [2.05, 4.69) is 31.9 Å². The summed E-state index contributed by atoms with van der Waals surface area (Å²) in [5.41, 5.74) is 1.46. The number of likely N-dealkylation sites (N-methyl/N-ethyl adjacent to an activating group) is 1. The average molecular weight is 201 g/mol. The number of nitrogens with zero attached hydrogens (tertiary/aromatic N) is 1. The van der Waals surface area contributed by atoms with Gasteiger partial charge < -0.3 is 9.64 Å². The van der Waals surface area contributed by atoms with E-state index in [0.29, 0.717) is 0 Å². The zero-order chi connectivity index (χ0) is 11.4. The molecule has 0 aromatic rings. The van der Waals surface area contributed by atoms with Crippen LogP contribution in [0.4, 0.5) is 0 Å². The monoisotopic (exact) mass is 201 g/mol. The number of ether oxygens (including phenoxy) is 1. The van der Waals surface area contributed by atoms with Crippen molar-refractivity contribution in [3.63, 3.8) is 0 Å². The lowest BCUT2D eigenvalue weighted by molar-refractivity contribution is 0.166. The highest BCUT2D eigenvalue weighted by molar-refractivity contribution is 4.97. The lowest BCUT2D eigenvalue weighted by Crippen LogP contribution is -2.22. The van der Waals surface area contributed by atoms with Crippen molar-refractivity contribution in [1.82, 2.24) is 4.90 Å². The molecule has 0 aromatic heterocycles. The largest absolute Gasteiger partial charge is 0.383 e. The van der Waals surface area contributed by atoms with Crippen LogP contribution in [0.2, 0.25) is 0 Å². The van der Waals surface area contributed by atoms with Gasteiger partial charge in [-0.25, -0.2) is 0 Å². The SMILES string of the molecule is CC.CC/C(C)=C\CN(C)CCOC. The third-order valence-electron chi connectivity index (χ3n) is 1.99. The summed E-state index contributed by atoms with van der Waals surface area (Å²) in [5.74, 6) is 0. The highest BCUT2D eigenvalue weighted by Crippen LogP contribution is 1.97. The molecule has 2 nitrogen and oxygen atoms in total. The molecule has 0 saturated carbocycles.